The number of rotatable bonds is 7. The third-order valence-electron chi connectivity index (χ3n) is 3.53. The fourth-order valence-corrected chi connectivity index (χ4v) is 2.29. The summed E-state index contributed by atoms with van der Waals surface area (Å²) in [5, 5.41) is 12.2. The molecule has 2 N–H and O–H groups in total. The normalized spacial score (nSPS) is 12.6. The summed E-state index contributed by atoms with van der Waals surface area (Å²) in [4.78, 5) is 0. The SMILES string of the molecule is Cc1cc(F)ccc1-c1ccc(CNCC(C)CCO)o1. The number of aliphatic hydroxyl groups excluding tert-OH is 1. The van der Waals surface area contributed by atoms with Gasteiger partial charge in [0, 0.05) is 12.2 Å². The topological polar surface area (TPSA) is 45.4 Å². The Morgan fingerprint density at radius 3 is 2.81 bits per heavy atom. The second-order valence-electron chi connectivity index (χ2n) is 5.47. The molecule has 0 saturated carbocycles. The molecule has 0 spiro atoms. The van der Waals surface area contributed by atoms with Gasteiger partial charge in [0.1, 0.15) is 17.3 Å². The Hall–Kier alpha value is -1.65. The first-order valence-corrected chi connectivity index (χ1v) is 7.27. The molecule has 2 rings (SSSR count). The van der Waals surface area contributed by atoms with Gasteiger partial charge in [0.05, 0.1) is 6.54 Å². The molecule has 0 aliphatic carbocycles. The van der Waals surface area contributed by atoms with Crippen molar-refractivity contribution in [3.8, 4) is 11.3 Å². The summed E-state index contributed by atoms with van der Waals surface area (Å²) in [6, 6.07) is 8.53. The lowest BCUT2D eigenvalue weighted by molar-refractivity contribution is 0.259. The van der Waals surface area contributed by atoms with Crippen LogP contribution in [0.5, 0.6) is 0 Å². The van der Waals surface area contributed by atoms with Crippen LogP contribution in [0.4, 0.5) is 4.39 Å². The summed E-state index contributed by atoms with van der Waals surface area (Å²) in [5.41, 5.74) is 1.77. The third-order valence-corrected chi connectivity index (χ3v) is 3.53. The minimum absolute atomic E-state index is 0.220. The van der Waals surface area contributed by atoms with E-state index in [-0.39, 0.29) is 12.4 Å². The predicted molar refractivity (Wildman–Crippen MR) is 81.4 cm³/mol. The van der Waals surface area contributed by atoms with Gasteiger partial charge in [-0.15, -0.1) is 0 Å². The lowest BCUT2D eigenvalue weighted by atomic mass is 10.1. The molecule has 0 radical (unpaired) electrons. The number of aryl methyl sites for hydroxylation is 1. The van der Waals surface area contributed by atoms with Gasteiger partial charge in [0.15, 0.2) is 0 Å². The number of hydrogen-bond acceptors (Lipinski definition) is 3. The standard InChI is InChI=1S/C17H22FNO2/c1-12(7-8-20)10-19-11-15-4-6-17(21-15)16-5-3-14(18)9-13(16)2/h3-6,9,12,19-20H,7-8,10-11H2,1-2H3. The maximum absolute atomic E-state index is 13.1. The Balaban J connectivity index is 1.95. The molecule has 2 aromatic rings. The van der Waals surface area contributed by atoms with E-state index in [0.717, 1.165) is 35.6 Å². The largest absolute Gasteiger partial charge is 0.460 e. The van der Waals surface area contributed by atoms with Gasteiger partial charge in [-0.3, -0.25) is 0 Å². The molecule has 1 aromatic heterocycles. The van der Waals surface area contributed by atoms with E-state index in [1.54, 1.807) is 6.07 Å². The van der Waals surface area contributed by atoms with Gasteiger partial charge in [-0.05, 0) is 61.7 Å². The highest BCUT2D eigenvalue weighted by Crippen LogP contribution is 2.26. The number of aliphatic hydroxyl groups is 1. The van der Waals surface area contributed by atoms with Gasteiger partial charge < -0.3 is 14.8 Å². The molecule has 3 nitrogen and oxygen atoms in total. The Bertz CT molecular complexity index is 580. The predicted octanol–water partition coefficient (Wildman–Crippen LogP) is 3.50. The average Bonchev–Trinajstić information content (AvgIpc) is 2.87. The second kappa shape index (κ2) is 7.38. The molecule has 114 valence electrons. The van der Waals surface area contributed by atoms with Crippen LogP contribution in [-0.2, 0) is 6.54 Å². The number of benzene rings is 1. The highest BCUT2D eigenvalue weighted by atomic mass is 19.1. The molecular weight excluding hydrogens is 269 g/mol. The molecule has 4 heteroatoms. The molecule has 1 atom stereocenters. The molecule has 0 fully saturated rings. The van der Waals surface area contributed by atoms with E-state index in [0.29, 0.717) is 12.5 Å². The first-order chi connectivity index (χ1) is 10.1. The van der Waals surface area contributed by atoms with Gasteiger partial charge >= 0.3 is 0 Å². The molecule has 1 heterocycles. The highest BCUT2D eigenvalue weighted by molar-refractivity contribution is 5.62. The summed E-state index contributed by atoms with van der Waals surface area (Å²) < 4.78 is 18.9. The second-order valence-corrected chi connectivity index (χ2v) is 5.47. The van der Waals surface area contributed by atoms with E-state index in [1.165, 1.54) is 12.1 Å². The van der Waals surface area contributed by atoms with Crippen molar-refractivity contribution in [2.24, 2.45) is 5.92 Å². The van der Waals surface area contributed by atoms with Crippen molar-refractivity contribution in [3.05, 3.63) is 47.5 Å². The maximum atomic E-state index is 13.1. The van der Waals surface area contributed by atoms with E-state index in [9.17, 15) is 4.39 Å². The minimum atomic E-state index is -0.234. The summed E-state index contributed by atoms with van der Waals surface area (Å²) in [6.45, 7) is 5.67. The van der Waals surface area contributed by atoms with Crippen molar-refractivity contribution in [2.75, 3.05) is 13.2 Å². The number of hydrogen-bond donors (Lipinski definition) is 2. The quantitative estimate of drug-likeness (QED) is 0.820. The lowest BCUT2D eigenvalue weighted by Crippen LogP contribution is -2.21. The van der Waals surface area contributed by atoms with Crippen LogP contribution in [0, 0.1) is 18.7 Å². The minimum Gasteiger partial charge on any atom is -0.460 e. The van der Waals surface area contributed by atoms with Crippen molar-refractivity contribution in [2.45, 2.75) is 26.8 Å². The van der Waals surface area contributed by atoms with E-state index < -0.39 is 0 Å². The molecule has 0 bridgehead atoms. The van der Waals surface area contributed by atoms with Gasteiger partial charge in [-0.25, -0.2) is 4.39 Å². The van der Waals surface area contributed by atoms with Crippen LogP contribution in [-0.4, -0.2) is 18.3 Å². The van der Waals surface area contributed by atoms with Crippen LogP contribution in [0.25, 0.3) is 11.3 Å². The Kier molecular flexibility index (Phi) is 5.53. The van der Waals surface area contributed by atoms with Gasteiger partial charge in [0.25, 0.3) is 0 Å². The molecule has 1 aromatic carbocycles. The summed E-state index contributed by atoms with van der Waals surface area (Å²) >= 11 is 0. The number of halogens is 1. The van der Waals surface area contributed by atoms with E-state index >= 15 is 0 Å². The third kappa shape index (κ3) is 4.41. The Morgan fingerprint density at radius 2 is 2.10 bits per heavy atom. The summed E-state index contributed by atoms with van der Waals surface area (Å²) in [5.74, 6) is 1.81. The fourth-order valence-electron chi connectivity index (χ4n) is 2.29. The molecule has 0 aliphatic heterocycles. The smallest absolute Gasteiger partial charge is 0.134 e. The first kappa shape index (κ1) is 15.7. The maximum Gasteiger partial charge on any atom is 0.134 e. The zero-order valence-electron chi connectivity index (χ0n) is 12.5. The molecule has 0 saturated heterocycles. The van der Waals surface area contributed by atoms with Crippen molar-refractivity contribution in [3.63, 3.8) is 0 Å². The van der Waals surface area contributed by atoms with Crippen molar-refractivity contribution < 1.29 is 13.9 Å². The highest BCUT2D eigenvalue weighted by Gasteiger charge is 2.08. The monoisotopic (exact) mass is 291 g/mol. The van der Waals surface area contributed by atoms with Crippen molar-refractivity contribution >= 4 is 0 Å². The number of furan rings is 1. The van der Waals surface area contributed by atoms with E-state index in [4.69, 9.17) is 9.52 Å². The zero-order valence-corrected chi connectivity index (χ0v) is 12.5. The molecular formula is C17H22FNO2. The average molecular weight is 291 g/mol. The molecule has 1 unspecified atom stereocenters. The Morgan fingerprint density at radius 1 is 1.29 bits per heavy atom. The van der Waals surface area contributed by atoms with Crippen molar-refractivity contribution in [1.29, 1.82) is 0 Å². The number of nitrogens with one attached hydrogen (secondary N) is 1. The van der Waals surface area contributed by atoms with Crippen LogP contribution < -0.4 is 5.32 Å². The first-order valence-electron chi connectivity index (χ1n) is 7.27. The fraction of sp³-hybridized carbons (Fsp3) is 0.412. The summed E-state index contributed by atoms with van der Waals surface area (Å²) in [6.07, 6.45) is 0.797. The molecule has 0 amide bonds. The zero-order chi connectivity index (χ0) is 15.2. The van der Waals surface area contributed by atoms with Crippen LogP contribution in [0.3, 0.4) is 0 Å². The van der Waals surface area contributed by atoms with Crippen LogP contribution in [0.2, 0.25) is 0 Å². The van der Waals surface area contributed by atoms with Crippen LogP contribution in [0.15, 0.2) is 34.7 Å². The van der Waals surface area contributed by atoms with Gasteiger partial charge in [0.2, 0.25) is 0 Å². The van der Waals surface area contributed by atoms with E-state index in [2.05, 4.69) is 12.2 Å². The van der Waals surface area contributed by atoms with Gasteiger partial charge in [-0.1, -0.05) is 6.92 Å². The van der Waals surface area contributed by atoms with E-state index in [1.807, 2.05) is 19.1 Å². The van der Waals surface area contributed by atoms with Gasteiger partial charge in [-0.2, -0.15) is 0 Å². The molecule has 21 heavy (non-hydrogen) atoms. The molecule has 0 aliphatic rings. The Labute approximate surface area is 124 Å². The van der Waals surface area contributed by atoms with Crippen LogP contribution >= 0.6 is 0 Å². The summed E-state index contributed by atoms with van der Waals surface area (Å²) in [7, 11) is 0. The van der Waals surface area contributed by atoms with Crippen LogP contribution in [0.1, 0.15) is 24.7 Å². The van der Waals surface area contributed by atoms with Crippen molar-refractivity contribution in [1.82, 2.24) is 5.32 Å². The lowest BCUT2D eigenvalue weighted by Gasteiger charge is -2.09.